The van der Waals surface area contributed by atoms with Gasteiger partial charge in [-0.1, -0.05) is 134 Å². The largest absolute Gasteiger partial charge is 0.507 e. The van der Waals surface area contributed by atoms with Crippen LogP contribution in [0.25, 0.3) is 0 Å². The van der Waals surface area contributed by atoms with E-state index in [1.54, 1.807) is 0 Å². The van der Waals surface area contributed by atoms with Gasteiger partial charge >= 0.3 is 0 Å². The first-order valence-electron chi connectivity index (χ1n) is 17.6. The Morgan fingerprint density at radius 2 is 0.957 bits per heavy atom. The van der Waals surface area contributed by atoms with Crippen LogP contribution >= 0.6 is 0 Å². The molecule has 0 amide bonds. The quantitative estimate of drug-likeness (QED) is 0.127. The van der Waals surface area contributed by atoms with Gasteiger partial charge in [-0.3, -0.25) is 9.59 Å². The van der Waals surface area contributed by atoms with Crippen LogP contribution in [0.2, 0.25) is 0 Å². The molecule has 0 aromatic heterocycles. The summed E-state index contributed by atoms with van der Waals surface area (Å²) in [5.74, 6) is -0.616. The Labute approximate surface area is 286 Å². The van der Waals surface area contributed by atoms with Crippen molar-refractivity contribution < 1.29 is 19.8 Å². The van der Waals surface area contributed by atoms with E-state index in [-0.39, 0.29) is 46.1 Å². The monoisotopic (exact) mass is 651 g/mol. The standard InChI is InChI=1S/C41H66N2O4/c1-14-15-16-17-28(33(44)20-18-26-22-29(37(2,3)4)35(46)30(23-26)38(5,6)7)41(42,43)34(45)21-19-27-24-31(39(8,9)10)36(47)32(25-27)40(11,12)13/h22-25,28,46-47H,14-21,42-43H2,1-13H3. The molecule has 0 spiro atoms. The second kappa shape index (κ2) is 14.8. The molecular weight excluding hydrogens is 584 g/mol. The lowest BCUT2D eigenvalue weighted by atomic mass is 9.76. The Morgan fingerprint density at radius 1 is 0.617 bits per heavy atom. The Kier molecular flexibility index (Phi) is 12.8. The third-order valence-corrected chi connectivity index (χ3v) is 9.42. The Hall–Kier alpha value is -2.70. The third-order valence-electron chi connectivity index (χ3n) is 9.42. The van der Waals surface area contributed by atoms with E-state index < -0.39 is 11.6 Å². The van der Waals surface area contributed by atoms with E-state index >= 15 is 0 Å². The maximum Gasteiger partial charge on any atom is 0.168 e. The van der Waals surface area contributed by atoms with E-state index in [2.05, 4.69) is 90.0 Å². The van der Waals surface area contributed by atoms with Crippen molar-refractivity contribution in [3.05, 3.63) is 57.6 Å². The van der Waals surface area contributed by atoms with Crippen molar-refractivity contribution in [3.63, 3.8) is 0 Å². The van der Waals surface area contributed by atoms with Gasteiger partial charge in [0.15, 0.2) is 5.78 Å². The van der Waals surface area contributed by atoms with E-state index in [0.29, 0.717) is 30.8 Å². The van der Waals surface area contributed by atoms with E-state index in [4.69, 9.17) is 11.5 Å². The van der Waals surface area contributed by atoms with Crippen LogP contribution in [0.5, 0.6) is 11.5 Å². The zero-order chi connectivity index (χ0) is 36.3. The molecular formula is C41H66N2O4. The number of phenolic OH excluding ortho intramolecular Hbond substituents is 2. The number of aromatic hydroxyl groups is 2. The lowest BCUT2D eigenvalue weighted by molar-refractivity contribution is -0.134. The molecule has 1 atom stereocenters. The fraction of sp³-hybridized carbons (Fsp3) is 0.659. The Morgan fingerprint density at radius 3 is 1.28 bits per heavy atom. The van der Waals surface area contributed by atoms with Gasteiger partial charge in [-0.15, -0.1) is 0 Å². The minimum Gasteiger partial charge on any atom is -0.507 e. The summed E-state index contributed by atoms with van der Waals surface area (Å²) >= 11 is 0. The summed E-state index contributed by atoms with van der Waals surface area (Å²) in [6, 6.07) is 7.96. The summed E-state index contributed by atoms with van der Waals surface area (Å²) in [6.45, 7) is 26.9. The molecule has 0 radical (unpaired) electrons. The first-order valence-corrected chi connectivity index (χ1v) is 17.6. The van der Waals surface area contributed by atoms with E-state index in [1.165, 1.54) is 0 Å². The first kappa shape index (κ1) is 40.5. The number of rotatable bonds is 13. The Bertz CT molecular complexity index is 1340. The first-order chi connectivity index (χ1) is 21.2. The van der Waals surface area contributed by atoms with Crippen LogP contribution in [0.3, 0.4) is 0 Å². The lowest BCUT2D eigenvalue weighted by Gasteiger charge is -2.32. The molecule has 0 saturated carbocycles. The van der Waals surface area contributed by atoms with Crippen molar-refractivity contribution in [3.8, 4) is 11.5 Å². The Balaban J connectivity index is 2.38. The summed E-state index contributed by atoms with van der Waals surface area (Å²) in [5, 5.41) is 22.3. The van der Waals surface area contributed by atoms with Gasteiger partial charge in [0.1, 0.15) is 22.9 Å². The minimum atomic E-state index is -1.79. The molecule has 6 N–H and O–H groups in total. The van der Waals surface area contributed by atoms with Crippen molar-refractivity contribution >= 4 is 11.6 Å². The molecule has 0 aliphatic rings. The molecule has 0 aliphatic carbocycles. The normalized spacial score (nSPS) is 13.9. The number of benzene rings is 2. The maximum absolute atomic E-state index is 13.9. The molecule has 0 saturated heterocycles. The fourth-order valence-corrected chi connectivity index (χ4v) is 6.34. The van der Waals surface area contributed by atoms with E-state index in [1.807, 2.05) is 24.3 Å². The molecule has 1 unspecified atom stereocenters. The van der Waals surface area contributed by atoms with Crippen molar-refractivity contribution in [1.82, 2.24) is 0 Å². The topological polar surface area (TPSA) is 127 Å². The molecule has 264 valence electrons. The van der Waals surface area contributed by atoms with Crippen LogP contribution in [-0.4, -0.2) is 27.4 Å². The van der Waals surface area contributed by atoms with Gasteiger partial charge in [0.25, 0.3) is 0 Å². The lowest BCUT2D eigenvalue weighted by Crippen LogP contribution is -2.63. The number of unbranched alkanes of at least 4 members (excludes halogenated alkanes) is 2. The number of nitrogens with two attached hydrogens (primary N) is 2. The van der Waals surface area contributed by atoms with Crippen LogP contribution in [0, 0.1) is 5.92 Å². The smallest absolute Gasteiger partial charge is 0.168 e. The number of phenols is 2. The van der Waals surface area contributed by atoms with Gasteiger partial charge < -0.3 is 21.7 Å². The molecule has 0 fully saturated rings. The number of ketones is 2. The number of carbonyl (C=O) groups excluding carboxylic acids is 2. The van der Waals surface area contributed by atoms with Crippen LogP contribution < -0.4 is 11.5 Å². The van der Waals surface area contributed by atoms with Crippen molar-refractivity contribution in [1.29, 1.82) is 0 Å². The molecule has 2 rings (SSSR count). The number of aryl methyl sites for hydroxylation is 2. The van der Waals surface area contributed by atoms with Gasteiger partial charge in [-0.05, 0) is 74.3 Å². The van der Waals surface area contributed by atoms with Gasteiger partial charge in [0.2, 0.25) is 0 Å². The van der Waals surface area contributed by atoms with Crippen molar-refractivity contribution in [2.24, 2.45) is 17.4 Å². The van der Waals surface area contributed by atoms with Crippen LogP contribution in [0.4, 0.5) is 0 Å². The predicted octanol–water partition coefficient (Wildman–Crippen LogP) is 8.80. The molecule has 2 aromatic rings. The molecule has 6 heteroatoms. The summed E-state index contributed by atoms with van der Waals surface area (Å²) < 4.78 is 0. The number of hydrogen-bond acceptors (Lipinski definition) is 6. The highest BCUT2D eigenvalue weighted by Crippen LogP contribution is 2.41. The average molecular weight is 651 g/mol. The van der Waals surface area contributed by atoms with Gasteiger partial charge in [-0.2, -0.15) is 0 Å². The second-order valence-corrected chi connectivity index (χ2v) is 17.9. The highest BCUT2D eigenvalue weighted by molar-refractivity contribution is 5.95. The van der Waals surface area contributed by atoms with Gasteiger partial charge in [-0.25, -0.2) is 0 Å². The number of hydrogen-bond donors (Lipinski definition) is 4. The predicted molar refractivity (Wildman–Crippen MR) is 196 cm³/mol. The molecule has 0 bridgehead atoms. The van der Waals surface area contributed by atoms with E-state index in [0.717, 1.165) is 52.6 Å². The second-order valence-electron chi connectivity index (χ2n) is 17.9. The van der Waals surface area contributed by atoms with Crippen molar-refractivity contribution in [2.45, 2.75) is 169 Å². The van der Waals surface area contributed by atoms with Crippen molar-refractivity contribution in [2.75, 3.05) is 0 Å². The fourth-order valence-electron chi connectivity index (χ4n) is 6.34. The SMILES string of the molecule is CCCCCC(C(=O)CCc1cc(C(C)(C)C)c(O)c(C(C)(C)C)c1)C(N)(N)C(=O)CCc1cc(C(C)(C)C)c(O)c(C(C)(C)C)c1. The average Bonchev–Trinajstić information content (AvgIpc) is 2.91. The van der Waals surface area contributed by atoms with Crippen LogP contribution in [0.15, 0.2) is 24.3 Å². The summed E-state index contributed by atoms with van der Waals surface area (Å²) in [6.07, 6.45) is 4.32. The zero-order valence-electron chi connectivity index (χ0n) is 31.9. The summed E-state index contributed by atoms with van der Waals surface area (Å²) in [5.41, 5.74) is 15.7. The molecule has 6 nitrogen and oxygen atoms in total. The maximum atomic E-state index is 13.9. The van der Waals surface area contributed by atoms with E-state index in [9.17, 15) is 19.8 Å². The molecule has 2 aromatic carbocycles. The highest BCUT2D eigenvalue weighted by atomic mass is 16.3. The highest BCUT2D eigenvalue weighted by Gasteiger charge is 2.41. The van der Waals surface area contributed by atoms with Gasteiger partial charge in [0, 0.05) is 12.8 Å². The molecule has 0 heterocycles. The number of carbonyl (C=O) groups is 2. The third kappa shape index (κ3) is 10.4. The molecule has 0 aliphatic heterocycles. The summed E-state index contributed by atoms with van der Waals surface area (Å²) in [7, 11) is 0. The minimum absolute atomic E-state index is 0.100. The van der Waals surface area contributed by atoms with Crippen LogP contribution in [0.1, 0.15) is 162 Å². The molecule has 47 heavy (non-hydrogen) atoms. The number of Topliss-reactive ketones (excluding diaryl/α,β-unsaturated/α-hetero) is 2. The zero-order valence-corrected chi connectivity index (χ0v) is 31.9. The van der Waals surface area contributed by atoms with Gasteiger partial charge in [0.05, 0.1) is 5.92 Å². The summed E-state index contributed by atoms with van der Waals surface area (Å²) in [4.78, 5) is 27.7. The van der Waals surface area contributed by atoms with Crippen LogP contribution in [-0.2, 0) is 44.1 Å².